The van der Waals surface area contributed by atoms with Crippen LogP contribution in [0.5, 0.6) is 0 Å². The molecule has 8 nitrogen and oxygen atoms in total. The minimum Gasteiger partial charge on any atom is -0.339 e. The third-order valence-electron chi connectivity index (χ3n) is 4.69. The number of amides is 3. The topological polar surface area (TPSA) is 81.7 Å². The van der Waals surface area contributed by atoms with Crippen LogP contribution in [0, 0.1) is 0 Å². The van der Waals surface area contributed by atoms with Gasteiger partial charge in [-0.2, -0.15) is 0 Å². The normalized spacial score (nSPS) is 13.9. The number of urea groups is 1. The van der Waals surface area contributed by atoms with E-state index in [1.807, 2.05) is 35.2 Å². The molecule has 1 aliphatic rings. The van der Waals surface area contributed by atoms with Crippen molar-refractivity contribution in [3.8, 4) is 0 Å². The second kappa shape index (κ2) is 9.68. The molecule has 1 aromatic carbocycles. The molecule has 1 aliphatic heterocycles. The van der Waals surface area contributed by atoms with E-state index in [0.29, 0.717) is 51.6 Å². The summed E-state index contributed by atoms with van der Waals surface area (Å²) in [5, 5.41) is 2.82. The van der Waals surface area contributed by atoms with Crippen LogP contribution in [0.1, 0.15) is 12.0 Å². The molecule has 2 heterocycles. The van der Waals surface area contributed by atoms with E-state index in [1.165, 1.54) is 0 Å². The summed E-state index contributed by atoms with van der Waals surface area (Å²) >= 11 is 0. The third kappa shape index (κ3) is 5.42. The van der Waals surface area contributed by atoms with Gasteiger partial charge in [0.05, 0.1) is 0 Å². The van der Waals surface area contributed by atoms with Gasteiger partial charge < -0.3 is 20.0 Å². The molecule has 1 N–H and O–H groups in total. The fraction of sp³-hybridized carbons (Fsp3) is 0.400. The van der Waals surface area contributed by atoms with Crippen molar-refractivity contribution >= 4 is 17.9 Å². The van der Waals surface area contributed by atoms with Gasteiger partial charge >= 0.3 is 6.03 Å². The second-order valence-electron chi connectivity index (χ2n) is 6.74. The smallest absolute Gasteiger partial charge is 0.317 e. The molecular formula is C20H26N6O2. The molecule has 1 fully saturated rings. The number of hydrogen-bond acceptors (Lipinski definition) is 5. The summed E-state index contributed by atoms with van der Waals surface area (Å²) in [4.78, 5) is 38.6. The first-order chi connectivity index (χ1) is 13.6. The Kier molecular flexibility index (Phi) is 6.78. The highest BCUT2D eigenvalue weighted by Crippen LogP contribution is 2.10. The Labute approximate surface area is 165 Å². The van der Waals surface area contributed by atoms with Gasteiger partial charge in [-0.25, -0.2) is 14.8 Å². The summed E-state index contributed by atoms with van der Waals surface area (Å²) in [6.45, 7) is 3.56. The quantitative estimate of drug-likeness (QED) is 0.816. The van der Waals surface area contributed by atoms with Crippen molar-refractivity contribution in [1.29, 1.82) is 0 Å². The van der Waals surface area contributed by atoms with E-state index < -0.39 is 0 Å². The zero-order valence-corrected chi connectivity index (χ0v) is 16.1. The minimum atomic E-state index is -0.178. The molecule has 0 spiro atoms. The number of piperazine rings is 1. The monoisotopic (exact) mass is 382 g/mol. The standard InChI is InChI=1S/C20H26N6O2/c1-24(16-17-6-3-2-4-7-17)20(28)23-11-8-18(27)25-12-14-26(15-13-25)19-21-9-5-10-22-19/h2-7,9-10H,8,11-16H2,1H3,(H,23,28). The molecule has 0 bridgehead atoms. The van der Waals surface area contributed by atoms with Crippen molar-refractivity contribution in [1.82, 2.24) is 25.1 Å². The number of rotatable bonds is 6. The summed E-state index contributed by atoms with van der Waals surface area (Å²) in [7, 11) is 1.75. The lowest BCUT2D eigenvalue weighted by Crippen LogP contribution is -2.50. The van der Waals surface area contributed by atoms with Crippen molar-refractivity contribution in [2.45, 2.75) is 13.0 Å². The van der Waals surface area contributed by atoms with Crippen LogP contribution in [0.25, 0.3) is 0 Å². The van der Waals surface area contributed by atoms with Crippen molar-refractivity contribution < 1.29 is 9.59 Å². The second-order valence-corrected chi connectivity index (χ2v) is 6.74. The molecule has 3 rings (SSSR count). The molecule has 0 unspecified atom stereocenters. The molecule has 1 aromatic heterocycles. The maximum atomic E-state index is 12.4. The van der Waals surface area contributed by atoms with Gasteiger partial charge in [-0.3, -0.25) is 4.79 Å². The largest absolute Gasteiger partial charge is 0.339 e. The molecule has 0 atom stereocenters. The van der Waals surface area contributed by atoms with Gasteiger partial charge in [-0.1, -0.05) is 30.3 Å². The number of carbonyl (C=O) groups excluding carboxylic acids is 2. The SMILES string of the molecule is CN(Cc1ccccc1)C(=O)NCCC(=O)N1CCN(c2ncccn2)CC1. The lowest BCUT2D eigenvalue weighted by atomic mass is 10.2. The van der Waals surface area contributed by atoms with E-state index in [0.717, 1.165) is 5.56 Å². The Morgan fingerprint density at radius 2 is 1.71 bits per heavy atom. The van der Waals surface area contributed by atoms with Crippen LogP contribution in [0.4, 0.5) is 10.7 Å². The number of nitrogens with zero attached hydrogens (tertiary/aromatic N) is 5. The lowest BCUT2D eigenvalue weighted by molar-refractivity contribution is -0.131. The van der Waals surface area contributed by atoms with Gasteiger partial charge in [0.2, 0.25) is 11.9 Å². The Hall–Kier alpha value is -3.16. The summed E-state index contributed by atoms with van der Waals surface area (Å²) in [5.74, 6) is 0.753. The molecule has 0 radical (unpaired) electrons. The molecule has 2 aromatic rings. The van der Waals surface area contributed by atoms with Crippen LogP contribution in [0.2, 0.25) is 0 Å². The van der Waals surface area contributed by atoms with Crippen molar-refractivity contribution in [2.24, 2.45) is 0 Å². The minimum absolute atomic E-state index is 0.0552. The zero-order valence-electron chi connectivity index (χ0n) is 16.1. The Balaban J connectivity index is 1.36. The third-order valence-corrected chi connectivity index (χ3v) is 4.69. The molecule has 8 heteroatoms. The predicted molar refractivity (Wildman–Crippen MR) is 107 cm³/mol. The van der Waals surface area contributed by atoms with E-state index >= 15 is 0 Å². The predicted octanol–water partition coefficient (Wildman–Crippen LogP) is 1.36. The van der Waals surface area contributed by atoms with Gasteiger partial charge in [0.15, 0.2) is 0 Å². The Morgan fingerprint density at radius 1 is 1.04 bits per heavy atom. The van der Waals surface area contributed by atoms with Crippen LogP contribution in [0.15, 0.2) is 48.8 Å². The van der Waals surface area contributed by atoms with Gasteiger partial charge in [0.25, 0.3) is 0 Å². The summed E-state index contributed by atoms with van der Waals surface area (Å²) in [5.41, 5.74) is 1.07. The van der Waals surface area contributed by atoms with Crippen molar-refractivity contribution in [3.05, 3.63) is 54.4 Å². The fourth-order valence-corrected chi connectivity index (χ4v) is 3.11. The lowest BCUT2D eigenvalue weighted by Gasteiger charge is -2.34. The van der Waals surface area contributed by atoms with Crippen LogP contribution >= 0.6 is 0 Å². The average Bonchev–Trinajstić information content (AvgIpc) is 2.75. The average molecular weight is 382 g/mol. The van der Waals surface area contributed by atoms with E-state index in [1.54, 1.807) is 30.4 Å². The van der Waals surface area contributed by atoms with E-state index in [4.69, 9.17) is 0 Å². The van der Waals surface area contributed by atoms with Crippen LogP contribution in [-0.2, 0) is 11.3 Å². The summed E-state index contributed by atoms with van der Waals surface area (Å²) in [6, 6.07) is 11.4. The highest BCUT2D eigenvalue weighted by Gasteiger charge is 2.22. The number of aromatic nitrogens is 2. The maximum Gasteiger partial charge on any atom is 0.317 e. The van der Waals surface area contributed by atoms with Crippen LogP contribution in [0.3, 0.4) is 0 Å². The van der Waals surface area contributed by atoms with E-state index in [2.05, 4.69) is 20.2 Å². The first kappa shape index (κ1) is 19.6. The molecule has 3 amide bonds. The highest BCUT2D eigenvalue weighted by atomic mass is 16.2. The van der Waals surface area contributed by atoms with Gasteiger partial charge in [-0.05, 0) is 11.6 Å². The number of nitrogens with one attached hydrogen (secondary N) is 1. The number of carbonyl (C=O) groups is 2. The summed E-state index contributed by atoms with van der Waals surface area (Å²) in [6.07, 6.45) is 3.74. The molecule has 0 saturated carbocycles. The van der Waals surface area contributed by atoms with Gasteiger partial charge in [0.1, 0.15) is 0 Å². The number of anilines is 1. The van der Waals surface area contributed by atoms with Gasteiger partial charge in [0, 0.05) is 65.1 Å². The molecule has 148 valence electrons. The number of benzene rings is 1. The maximum absolute atomic E-state index is 12.4. The van der Waals surface area contributed by atoms with Crippen molar-refractivity contribution in [2.75, 3.05) is 44.7 Å². The Morgan fingerprint density at radius 3 is 2.39 bits per heavy atom. The van der Waals surface area contributed by atoms with E-state index in [-0.39, 0.29) is 11.9 Å². The molecular weight excluding hydrogens is 356 g/mol. The van der Waals surface area contributed by atoms with Crippen LogP contribution < -0.4 is 10.2 Å². The molecule has 0 aliphatic carbocycles. The van der Waals surface area contributed by atoms with E-state index in [9.17, 15) is 9.59 Å². The number of hydrogen-bond donors (Lipinski definition) is 1. The summed E-state index contributed by atoms with van der Waals surface area (Å²) < 4.78 is 0. The van der Waals surface area contributed by atoms with Crippen LogP contribution in [-0.4, -0.2) is 71.5 Å². The Bertz CT molecular complexity index is 763. The van der Waals surface area contributed by atoms with Gasteiger partial charge in [-0.15, -0.1) is 0 Å². The highest BCUT2D eigenvalue weighted by molar-refractivity contribution is 5.78. The zero-order chi connectivity index (χ0) is 19.8. The first-order valence-corrected chi connectivity index (χ1v) is 9.46. The first-order valence-electron chi connectivity index (χ1n) is 9.46. The molecule has 28 heavy (non-hydrogen) atoms. The fourth-order valence-electron chi connectivity index (χ4n) is 3.11. The molecule has 1 saturated heterocycles. The van der Waals surface area contributed by atoms with Crippen molar-refractivity contribution in [3.63, 3.8) is 0 Å².